The Bertz CT molecular complexity index is 1090. The summed E-state index contributed by atoms with van der Waals surface area (Å²) in [5, 5.41) is 3.37. The second-order valence-corrected chi connectivity index (χ2v) is 6.68. The molecule has 0 aliphatic heterocycles. The Balaban J connectivity index is 1.58. The van der Waals surface area contributed by atoms with Crippen LogP contribution in [-0.2, 0) is 13.0 Å². The molecule has 124 valence electrons. The molecule has 4 aromatic rings. The summed E-state index contributed by atoms with van der Waals surface area (Å²) in [6.45, 7) is 0.352. The molecular formula is C19H14FN3OS. The average molecular weight is 351 g/mol. The minimum absolute atomic E-state index is 0.192. The SMILES string of the molecule is O=c1c2ccc(F)cc2ncn1Cc1csc(Cc2ccccc2)n1. The maximum Gasteiger partial charge on any atom is 0.261 e. The number of aromatic nitrogens is 3. The highest BCUT2D eigenvalue weighted by molar-refractivity contribution is 7.09. The number of fused-ring (bicyclic) bond motifs is 1. The van der Waals surface area contributed by atoms with Crippen molar-refractivity contribution in [1.29, 1.82) is 0 Å². The molecule has 0 fully saturated rings. The Morgan fingerprint density at radius 3 is 2.80 bits per heavy atom. The number of thiazole rings is 1. The summed E-state index contributed by atoms with van der Waals surface area (Å²) >= 11 is 1.58. The molecule has 2 aromatic carbocycles. The summed E-state index contributed by atoms with van der Waals surface area (Å²) < 4.78 is 14.7. The molecule has 0 bridgehead atoms. The Kier molecular flexibility index (Phi) is 4.11. The first kappa shape index (κ1) is 15.7. The first-order valence-electron chi connectivity index (χ1n) is 7.81. The molecule has 0 aliphatic rings. The third-order valence-corrected chi connectivity index (χ3v) is 4.81. The van der Waals surface area contributed by atoms with Gasteiger partial charge in [0.2, 0.25) is 0 Å². The summed E-state index contributed by atoms with van der Waals surface area (Å²) in [4.78, 5) is 21.3. The number of nitrogens with zero attached hydrogens (tertiary/aromatic N) is 3. The maximum atomic E-state index is 13.2. The van der Waals surface area contributed by atoms with E-state index in [1.807, 2.05) is 23.6 Å². The Labute approximate surface area is 147 Å². The van der Waals surface area contributed by atoms with E-state index in [9.17, 15) is 9.18 Å². The van der Waals surface area contributed by atoms with Crippen molar-refractivity contribution >= 4 is 22.2 Å². The first-order valence-corrected chi connectivity index (χ1v) is 8.69. The van der Waals surface area contributed by atoms with Gasteiger partial charge in [-0.25, -0.2) is 14.4 Å². The van der Waals surface area contributed by atoms with Gasteiger partial charge < -0.3 is 0 Å². The third-order valence-electron chi connectivity index (χ3n) is 3.92. The van der Waals surface area contributed by atoms with Crippen LogP contribution < -0.4 is 5.56 Å². The van der Waals surface area contributed by atoms with Gasteiger partial charge in [0.15, 0.2) is 0 Å². The predicted octanol–water partition coefficient (Wildman–Crippen LogP) is 3.63. The Hall–Kier alpha value is -2.86. The van der Waals surface area contributed by atoms with E-state index in [0.29, 0.717) is 17.4 Å². The van der Waals surface area contributed by atoms with Crippen LogP contribution in [0, 0.1) is 5.82 Å². The molecule has 0 atom stereocenters. The molecule has 0 spiro atoms. The lowest BCUT2D eigenvalue weighted by atomic mass is 10.2. The zero-order chi connectivity index (χ0) is 17.2. The van der Waals surface area contributed by atoms with Crippen LogP contribution in [0.3, 0.4) is 0 Å². The fourth-order valence-corrected chi connectivity index (χ4v) is 3.51. The molecule has 4 nitrogen and oxygen atoms in total. The van der Waals surface area contributed by atoms with E-state index in [1.165, 1.54) is 34.7 Å². The van der Waals surface area contributed by atoms with Crippen molar-refractivity contribution in [2.45, 2.75) is 13.0 Å². The summed E-state index contributed by atoms with van der Waals surface area (Å²) in [5.41, 5.74) is 2.20. The van der Waals surface area contributed by atoms with E-state index in [4.69, 9.17) is 0 Å². The number of benzene rings is 2. The van der Waals surface area contributed by atoms with E-state index in [1.54, 1.807) is 11.3 Å². The molecule has 0 unspecified atom stereocenters. The van der Waals surface area contributed by atoms with Gasteiger partial charge in [0.1, 0.15) is 5.82 Å². The van der Waals surface area contributed by atoms with E-state index < -0.39 is 5.82 Å². The molecule has 0 saturated heterocycles. The van der Waals surface area contributed by atoms with Crippen LogP contribution in [0.25, 0.3) is 10.9 Å². The molecule has 0 saturated carbocycles. The van der Waals surface area contributed by atoms with Crippen molar-refractivity contribution in [3.8, 4) is 0 Å². The van der Waals surface area contributed by atoms with Crippen LogP contribution in [0.15, 0.2) is 65.0 Å². The summed E-state index contributed by atoms with van der Waals surface area (Å²) in [6.07, 6.45) is 2.22. The Morgan fingerprint density at radius 1 is 1.12 bits per heavy atom. The molecular weight excluding hydrogens is 337 g/mol. The van der Waals surface area contributed by atoms with Gasteiger partial charge in [-0.05, 0) is 17.7 Å². The molecule has 0 aliphatic carbocycles. The van der Waals surface area contributed by atoms with Crippen molar-refractivity contribution in [3.63, 3.8) is 0 Å². The zero-order valence-corrected chi connectivity index (χ0v) is 14.0. The van der Waals surface area contributed by atoms with E-state index in [0.717, 1.165) is 17.1 Å². The molecule has 25 heavy (non-hydrogen) atoms. The highest BCUT2D eigenvalue weighted by atomic mass is 32.1. The van der Waals surface area contributed by atoms with Gasteiger partial charge in [0, 0.05) is 17.9 Å². The third kappa shape index (κ3) is 3.34. The maximum absolute atomic E-state index is 13.2. The van der Waals surface area contributed by atoms with E-state index in [-0.39, 0.29) is 5.56 Å². The summed E-state index contributed by atoms with van der Waals surface area (Å²) in [6, 6.07) is 14.1. The minimum Gasteiger partial charge on any atom is -0.293 e. The number of hydrogen-bond acceptors (Lipinski definition) is 4. The second kappa shape index (κ2) is 6.57. The minimum atomic E-state index is -0.401. The van der Waals surface area contributed by atoms with Crippen LogP contribution in [-0.4, -0.2) is 14.5 Å². The molecule has 0 amide bonds. The van der Waals surface area contributed by atoms with Crippen molar-refractivity contribution < 1.29 is 4.39 Å². The van der Waals surface area contributed by atoms with Gasteiger partial charge in [0.05, 0.1) is 34.5 Å². The first-order chi connectivity index (χ1) is 12.2. The quantitative estimate of drug-likeness (QED) is 0.564. The van der Waals surface area contributed by atoms with Crippen LogP contribution >= 0.6 is 11.3 Å². The molecule has 2 aromatic heterocycles. The number of hydrogen-bond donors (Lipinski definition) is 0. The smallest absolute Gasteiger partial charge is 0.261 e. The fraction of sp³-hybridized carbons (Fsp3) is 0.105. The monoisotopic (exact) mass is 351 g/mol. The van der Waals surface area contributed by atoms with Gasteiger partial charge in [-0.1, -0.05) is 30.3 Å². The van der Waals surface area contributed by atoms with Gasteiger partial charge in [-0.2, -0.15) is 0 Å². The van der Waals surface area contributed by atoms with E-state index in [2.05, 4.69) is 22.1 Å². The van der Waals surface area contributed by atoms with Crippen LogP contribution in [0.1, 0.15) is 16.3 Å². The van der Waals surface area contributed by atoms with E-state index >= 15 is 0 Å². The van der Waals surface area contributed by atoms with Gasteiger partial charge in [-0.3, -0.25) is 9.36 Å². The normalized spacial score (nSPS) is 11.1. The lowest BCUT2D eigenvalue weighted by Crippen LogP contribution is -2.21. The molecule has 0 N–H and O–H groups in total. The summed E-state index contributed by atoms with van der Waals surface area (Å²) in [7, 11) is 0. The van der Waals surface area contributed by atoms with Crippen LogP contribution in [0.4, 0.5) is 4.39 Å². The largest absolute Gasteiger partial charge is 0.293 e. The molecule has 4 rings (SSSR count). The lowest BCUT2D eigenvalue weighted by Gasteiger charge is -2.04. The highest BCUT2D eigenvalue weighted by Gasteiger charge is 2.08. The van der Waals surface area contributed by atoms with Crippen molar-refractivity contribution in [3.05, 3.63) is 92.7 Å². The van der Waals surface area contributed by atoms with Crippen molar-refractivity contribution in [1.82, 2.24) is 14.5 Å². The topological polar surface area (TPSA) is 47.8 Å². The van der Waals surface area contributed by atoms with Crippen LogP contribution in [0.2, 0.25) is 0 Å². The van der Waals surface area contributed by atoms with Crippen LogP contribution in [0.5, 0.6) is 0 Å². The highest BCUT2D eigenvalue weighted by Crippen LogP contribution is 2.16. The molecule has 0 radical (unpaired) electrons. The second-order valence-electron chi connectivity index (χ2n) is 5.73. The lowest BCUT2D eigenvalue weighted by molar-refractivity contribution is 0.629. The van der Waals surface area contributed by atoms with Gasteiger partial charge in [0.25, 0.3) is 5.56 Å². The predicted molar refractivity (Wildman–Crippen MR) is 96.4 cm³/mol. The fourth-order valence-electron chi connectivity index (χ4n) is 2.69. The van der Waals surface area contributed by atoms with Crippen molar-refractivity contribution in [2.75, 3.05) is 0 Å². The molecule has 6 heteroatoms. The zero-order valence-electron chi connectivity index (χ0n) is 13.2. The average Bonchev–Trinajstić information content (AvgIpc) is 3.05. The number of halogens is 1. The number of rotatable bonds is 4. The summed E-state index contributed by atoms with van der Waals surface area (Å²) in [5.74, 6) is -0.401. The standard InChI is InChI=1S/C19H14FN3OS/c20-14-6-7-16-17(9-14)21-12-23(19(16)24)10-15-11-25-18(22-15)8-13-4-2-1-3-5-13/h1-7,9,11-12H,8,10H2. The Morgan fingerprint density at radius 2 is 1.96 bits per heavy atom. The molecule has 2 heterocycles. The van der Waals surface area contributed by atoms with Gasteiger partial charge >= 0.3 is 0 Å². The van der Waals surface area contributed by atoms with Crippen molar-refractivity contribution in [2.24, 2.45) is 0 Å². The van der Waals surface area contributed by atoms with Gasteiger partial charge in [-0.15, -0.1) is 11.3 Å².